The molecule has 0 aliphatic heterocycles. The highest BCUT2D eigenvalue weighted by Crippen LogP contribution is 2.32. The largest absolute Gasteiger partial charge is 0.480 e. The van der Waals surface area contributed by atoms with E-state index < -0.39 is 18.2 Å². The number of aliphatic carboxylic acids is 1. The molecule has 0 aliphatic carbocycles. The summed E-state index contributed by atoms with van der Waals surface area (Å²) >= 11 is 11.8. The van der Waals surface area contributed by atoms with Crippen LogP contribution in [0.1, 0.15) is 5.56 Å². The first kappa shape index (κ1) is 13.7. The molecule has 7 heteroatoms. The normalized spacial score (nSPS) is 10.7. The molecule has 0 saturated carbocycles. The minimum atomic E-state index is -1.13. The Morgan fingerprint density at radius 1 is 1.42 bits per heavy atom. The van der Waals surface area contributed by atoms with Gasteiger partial charge in [-0.15, -0.1) is 0 Å². The second kappa shape index (κ2) is 5.11. The maximum absolute atomic E-state index is 11.4. The average Bonchev–Trinajstić information content (AvgIpc) is 2.35. The summed E-state index contributed by atoms with van der Waals surface area (Å²) in [7, 11) is 0. The lowest BCUT2D eigenvalue weighted by molar-refractivity contribution is -0.139. The molecule has 5 nitrogen and oxygen atoms in total. The molecule has 0 bridgehead atoms. The third-order valence-corrected chi connectivity index (χ3v) is 3.23. The van der Waals surface area contributed by atoms with Crippen molar-refractivity contribution in [3.8, 4) is 5.75 Å². The second-order valence-corrected chi connectivity index (χ2v) is 4.57. The first-order valence-electron chi connectivity index (χ1n) is 5.17. The number of halogens is 2. The van der Waals surface area contributed by atoms with Crippen molar-refractivity contribution in [3.63, 3.8) is 0 Å². The molecule has 0 amide bonds. The number of rotatable bonds is 3. The van der Waals surface area contributed by atoms with Gasteiger partial charge in [-0.25, -0.2) is 9.59 Å². The Hall–Kier alpha value is -1.72. The highest BCUT2D eigenvalue weighted by molar-refractivity contribution is 6.33. The van der Waals surface area contributed by atoms with Crippen LogP contribution in [0.25, 0.3) is 11.0 Å². The molecule has 1 heterocycles. The van der Waals surface area contributed by atoms with Crippen LogP contribution < -0.4 is 10.4 Å². The van der Waals surface area contributed by atoms with Crippen LogP contribution in [-0.2, 0) is 4.79 Å². The van der Waals surface area contributed by atoms with Crippen LogP contribution in [-0.4, -0.2) is 17.7 Å². The summed E-state index contributed by atoms with van der Waals surface area (Å²) in [5.74, 6) is -1.01. The monoisotopic (exact) mass is 302 g/mol. The van der Waals surface area contributed by atoms with Crippen molar-refractivity contribution in [2.24, 2.45) is 0 Å². The van der Waals surface area contributed by atoms with E-state index in [0.717, 1.165) is 0 Å². The predicted octanol–water partition coefficient (Wildman–Crippen LogP) is 2.87. The topological polar surface area (TPSA) is 76.7 Å². The lowest BCUT2D eigenvalue weighted by Crippen LogP contribution is -2.10. The van der Waals surface area contributed by atoms with E-state index in [9.17, 15) is 9.59 Å². The molecule has 1 aromatic carbocycles. The van der Waals surface area contributed by atoms with Crippen molar-refractivity contribution >= 4 is 40.1 Å². The molecule has 0 atom stereocenters. The van der Waals surface area contributed by atoms with Crippen LogP contribution in [0, 0.1) is 6.92 Å². The van der Waals surface area contributed by atoms with E-state index in [1.807, 2.05) is 0 Å². The van der Waals surface area contributed by atoms with Gasteiger partial charge in [0.15, 0.2) is 6.61 Å². The Morgan fingerprint density at radius 2 is 2.11 bits per heavy atom. The molecule has 2 aromatic rings. The van der Waals surface area contributed by atoms with Crippen molar-refractivity contribution < 1.29 is 19.1 Å². The van der Waals surface area contributed by atoms with Crippen molar-refractivity contribution in [1.82, 2.24) is 0 Å². The Labute approximate surface area is 117 Å². The summed E-state index contributed by atoms with van der Waals surface area (Å²) in [6.45, 7) is 1.12. The lowest BCUT2D eigenvalue weighted by Gasteiger charge is -2.08. The molecule has 0 aliphatic rings. The number of benzene rings is 1. The zero-order valence-electron chi connectivity index (χ0n) is 9.70. The fourth-order valence-corrected chi connectivity index (χ4v) is 1.94. The van der Waals surface area contributed by atoms with Crippen LogP contribution in [0.2, 0.25) is 10.0 Å². The van der Waals surface area contributed by atoms with E-state index >= 15 is 0 Å². The number of hydrogen-bond acceptors (Lipinski definition) is 4. The van der Waals surface area contributed by atoms with E-state index in [-0.39, 0.29) is 21.4 Å². The van der Waals surface area contributed by atoms with Gasteiger partial charge in [0.2, 0.25) is 0 Å². The number of carboxylic acid groups (broad SMARTS) is 1. The van der Waals surface area contributed by atoms with Crippen LogP contribution in [0.15, 0.2) is 21.3 Å². The molecular weight excluding hydrogens is 295 g/mol. The highest BCUT2D eigenvalue weighted by Gasteiger charge is 2.13. The maximum atomic E-state index is 11.4. The number of ether oxygens (including phenoxy) is 1. The van der Waals surface area contributed by atoms with E-state index in [2.05, 4.69) is 0 Å². The van der Waals surface area contributed by atoms with Gasteiger partial charge in [0, 0.05) is 11.5 Å². The standard InChI is InChI=1S/C12H8Cl2O5/c1-5-6-2-7(13)9(18-4-10(15)16)3-8(6)19-12(17)11(5)14/h2-3H,4H2,1H3,(H,15,16). The van der Waals surface area contributed by atoms with Crippen molar-refractivity contribution in [2.75, 3.05) is 6.61 Å². The summed E-state index contributed by atoms with van der Waals surface area (Å²) < 4.78 is 9.99. The number of aryl methyl sites for hydroxylation is 1. The third-order valence-electron chi connectivity index (χ3n) is 2.50. The molecule has 19 heavy (non-hydrogen) atoms. The molecule has 0 fully saturated rings. The van der Waals surface area contributed by atoms with E-state index in [0.29, 0.717) is 10.9 Å². The quantitative estimate of drug-likeness (QED) is 0.882. The van der Waals surface area contributed by atoms with E-state index in [4.69, 9.17) is 37.5 Å². The Kier molecular flexibility index (Phi) is 3.68. The Morgan fingerprint density at radius 3 is 2.74 bits per heavy atom. The smallest absolute Gasteiger partial charge is 0.355 e. The van der Waals surface area contributed by atoms with Crippen molar-refractivity contribution in [1.29, 1.82) is 0 Å². The van der Waals surface area contributed by atoms with Gasteiger partial charge >= 0.3 is 11.6 Å². The molecule has 0 unspecified atom stereocenters. The van der Waals surface area contributed by atoms with Crippen LogP contribution in [0.3, 0.4) is 0 Å². The predicted molar refractivity (Wildman–Crippen MR) is 70.4 cm³/mol. The summed E-state index contributed by atoms with van der Waals surface area (Å²) in [5.41, 5.74) is 0.106. The van der Waals surface area contributed by atoms with Crippen LogP contribution >= 0.6 is 23.2 Å². The number of fused-ring (bicyclic) bond motifs is 1. The lowest BCUT2D eigenvalue weighted by atomic mass is 10.1. The van der Waals surface area contributed by atoms with E-state index in [1.165, 1.54) is 12.1 Å². The Balaban J connectivity index is 2.59. The molecular formula is C12H8Cl2O5. The highest BCUT2D eigenvalue weighted by atomic mass is 35.5. The zero-order valence-corrected chi connectivity index (χ0v) is 11.2. The molecule has 0 saturated heterocycles. The SMILES string of the molecule is Cc1c(Cl)c(=O)oc2cc(OCC(=O)O)c(Cl)cc12. The number of carbonyl (C=O) groups is 1. The van der Waals surface area contributed by atoms with Crippen molar-refractivity contribution in [2.45, 2.75) is 6.92 Å². The molecule has 100 valence electrons. The summed E-state index contributed by atoms with van der Waals surface area (Å²) in [5, 5.41) is 9.31. The summed E-state index contributed by atoms with van der Waals surface area (Å²) in [4.78, 5) is 21.9. The van der Waals surface area contributed by atoms with Gasteiger partial charge < -0.3 is 14.3 Å². The van der Waals surface area contributed by atoms with Gasteiger partial charge in [-0.2, -0.15) is 0 Å². The minimum absolute atomic E-state index is 0.0113. The van der Waals surface area contributed by atoms with Gasteiger partial charge in [0.05, 0.1) is 5.02 Å². The summed E-state index contributed by atoms with van der Waals surface area (Å²) in [6, 6.07) is 2.88. The number of hydrogen-bond donors (Lipinski definition) is 1. The Bertz CT molecular complexity index is 720. The van der Waals surface area contributed by atoms with Crippen LogP contribution in [0.5, 0.6) is 5.75 Å². The first-order chi connectivity index (χ1) is 8.90. The first-order valence-corrected chi connectivity index (χ1v) is 5.93. The second-order valence-electron chi connectivity index (χ2n) is 3.79. The fraction of sp³-hybridized carbons (Fsp3) is 0.167. The average molecular weight is 303 g/mol. The zero-order chi connectivity index (χ0) is 14.2. The summed E-state index contributed by atoms with van der Waals surface area (Å²) in [6.07, 6.45) is 0. The third kappa shape index (κ3) is 2.67. The van der Waals surface area contributed by atoms with Gasteiger partial charge in [-0.3, -0.25) is 0 Å². The molecule has 1 N–H and O–H groups in total. The van der Waals surface area contributed by atoms with Gasteiger partial charge in [0.25, 0.3) is 0 Å². The van der Waals surface area contributed by atoms with Gasteiger partial charge in [-0.1, -0.05) is 23.2 Å². The van der Waals surface area contributed by atoms with E-state index in [1.54, 1.807) is 6.92 Å². The van der Waals surface area contributed by atoms with Gasteiger partial charge in [0.1, 0.15) is 16.4 Å². The molecule has 0 spiro atoms. The molecule has 0 radical (unpaired) electrons. The molecule has 2 rings (SSSR count). The number of carboxylic acids is 1. The van der Waals surface area contributed by atoms with Crippen molar-refractivity contribution in [3.05, 3.63) is 38.2 Å². The minimum Gasteiger partial charge on any atom is -0.480 e. The fourth-order valence-electron chi connectivity index (χ4n) is 1.58. The molecule has 1 aromatic heterocycles. The maximum Gasteiger partial charge on any atom is 0.355 e. The van der Waals surface area contributed by atoms with Crippen LogP contribution in [0.4, 0.5) is 0 Å². The van der Waals surface area contributed by atoms with Gasteiger partial charge in [-0.05, 0) is 18.6 Å².